The molecule has 0 bridgehead atoms. The lowest BCUT2D eigenvalue weighted by atomic mass is 10.3. The third kappa shape index (κ3) is 6.59. The van der Waals surface area contributed by atoms with E-state index < -0.39 is 10.0 Å². The molecule has 2 rings (SSSR count). The van der Waals surface area contributed by atoms with Gasteiger partial charge in [-0.3, -0.25) is 4.98 Å². The monoisotopic (exact) mass is 474 g/mol. The Balaban J connectivity index is 1.95. The van der Waals surface area contributed by atoms with E-state index in [0.717, 1.165) is 18.7 Å². The third-order valence-corrected chi connectivity index (χ3v) is 6.85. The van der Waals surface area contributed by atoms with Gasteiger partial charge in [0.2, 0.25) is 10.0 Å². The number of anilines is 2. The van der Waals surface area contributed by atoms with E-state index in [9.17, 15) is 8.42 Å². The first-order valence-corrected chi connectivity index (χ1v) is 12.0. The number of sulfonamides is 1. The van der Waals surface area contributed by atoms with Crippen molar-refractivity contribution in [3.05, 3.63) is 34.8 Å². The van der Waals surface area contributed by atoms with Crippen molar-refractivity contribution in [2.75, 3.05) is 42.3 Å². The standard InChI is InChI=1S/C16H23BrN6O2S2/c1-12-13(10-22-16(15(12)17)21-4-3-9-26-2)27(24,25)23-8-7-20-14-11-18-5-6-19-14/h5-6,10-11,23H,3-4,7-9H2,1-2H3,(H,19,20)(H,21,22). The zero-order chi connectivity index (χ0) is 19.7. The molecule has 0 radical (unpaired) electrons. The van der Waals surface area contributed by atoms with Crippen LogP contribution in [0.15, 0.2) is 34.2 Å². The second-order valence-electron chi connectivity index (χ2n) is 5.60. The van der Waals surface area contributed by atoms with Gasteiger partial charge in [0.15, 0.2) is 0 Å². The summed E-state index contributed by atoms with van der Waals surface area (Å²) in [6.45, 7) is 3.14. The number of rotatable bonds is 11. The fourth-order valence-electron chi connectivity index (χ4n) is 2.22. The fraction of sp³-hybridized carbons (Fsp3) is 0.438. The average Bonchev–Trinajstić information content (AvgIpc) is 2.66. The van der Waals surface area contributed by atoms with Crippen LogP contribution in [0.1, 0.15) is 12.0 Å². The van der Waals surface area contributed by atoms with Crippen molar-refractivity contribution in [1.29, 1.82) is 0 Å². The molecule has 0 aromatic carbocycles. The highest BCUT2D eigenvalue weighted by Gasteiger charge is 2.20. The van der Waals surface area contributed by atoms with Gasteiger partial charge in [-0.1, -0.05) is 0 Å². The van der Waals surface area contributed by atoms with Gasteiger partial charge in [0.1, 0.15) is 16.5 Å². The number of nitrogens with one attached hydrogen (secondary N) is 3. The first kappa shape index (κ1) is 21.9. The maximum atomic E-state index is 12.6. The molecule has 2 aromatic heterocycles. The quantitative estimate of drug-likeness (QED) is 0.426. The molecule has 0 amide bonds. The summed E-state index contributed by atoms with van der Waals surface area (Å²) in [5.74, 6) is 2.30. The zero-order valence-electron chi connectivity index (χ0n) is 15.2. The van der Waals surface area contributed by atoms with Gasteiger partial charge in [0.25, 0.3) is 0 Å². The second-order valence-corrected chi connectivity index (χ2v) is 9.11. The van der Waals surface area contributed by atoms with Crippen molar-refractivity contribution in [3.63, 3.8) is 0 Å². The first-order chi connectivity index (χ1) is 13.0. The van der Waals surface area contributed by atoms with E-state index >= 15 is 0 Å². The normalized spacial score (nSPS) is 11.4. The molecule has 0 saturated carbocycles. The van der Waals surface area contributed by atoms with Crippen LogP contribution in [-0.2, 0) is 10.0 Å². The largest absolute Gasteiger partial charge is 0.369 e. The molecule has 0 fully saturated rings. The Morgan fingerprint density at radius 3 is 2.63 bits per heavy atom. The fourth-order valence-corrected chi connectivity index (χ4v) is 4.47. The zero-order valence-corrected chi connectivity index (χ0v) is 18.4. The maximum Gasteiger partial charge on any atom is 0.242 e. The summed E-state index contributed by atoms with van der Waals surface area (Å²) in [6, 6.07) is 0. The van der Waals surface area contributed by atoms with Gasteiger partial charge in [-0.05, 0) is 46.8 Å². The molecule has 0 aliphatic heterocycles. The summed E-state index contributed by atoms with van der Waals surface area (Å²) >= 11 is 5.24. The lowest BCUT2D eigenvalue weighted by Crippen LogP contribution is -2.29. The molecule has 0 unspecified atom stereocenters. The van der Waals surface area contributed by atoms with Crippen LogP contribution in [0.25, 0.3) is 0 Å². The van der Waals surface area contributed by atoms with Crippen LogP contribution in [0.3, 0.4) is 0 Å². The van der Waals surface area contributed by atoms with Crippen LogP contribution in [0.4, 0.5) is 11.6 Å². The Kier molecular flexibility index (Phi) is 8.74. The predicted octanol–water partition coefficient (Wildman–Crippen LogP) is 2.50. The summed E-state index contributed by atoms with van der Waals surface area (Å²) < 4.78 is 28.4. The van der Waals surface area contributed by atoms with Crippen molar-refractivity contribution in [2.45, 2.75) is 18.2 Å². The number of thioether (sulfide) groups is 1. The van der Waals surface area contributed by atoms with Crippen molar-refractivity contribution >= 4 is 49.4 Å². The van der Waals surface area contributed by atoms with Crippen LogP contribution < -0.4 is 15.4 Å². The summed E-state index contributed by atoms with van der Waals surface area (Å²) in [4.78, 5) is 12.4. The molecule has 0 atom stereocenters. The van der Waals surface area contributed by atoms with Gasteiger partial charge in [-0.15, -0.1) is 0 Å². The highest BCUT2D eigenvalue weighted by Crippen LogP contribution is 2.28. The molecule has 2 heterocycles. The summed E-state index contributed by atoms with van der Waals surface area (Å²) in [6.07, 6.45) is 9.17. The molecule has 0 aliphatic carbocycles. The van der Waals surface area contributed by atoms with E-state index in [-0.39, 0.29) is 11.4 Å². The summed E-state index contributed by atoms with van der Waals surface area (Å²) in [5.41, 5.74) is 0.617. The molecule has 8 nitrogen and oxygen atoms in total. The van der Waals surface area contributed by atoms with Crippen LogP contribution in [0.2, 0.25) is 0 Å². The Morgan fingerprint density at radius 2 is 1.93 bits per heavy atom. The van der Waals surface area contributed by atoms with E-state index in [0.29, 0.717) is 28.2 Å². The van der Waals surface area contributed by atoms with Gasteiger partial charge >= 0.3 is 0 Å². The van der Waals surface area contributed by atoms with E-state index in [1.807, 2.05) is 0 Å². The molecule has 148 valence electrons. The van der Waals surface area contributed by atoms with E-state index in [1.165, 1.54) is 6.20 Å². The average molecular weight is 475 g/mol. The van der Waals surface area contributed by atoms with E-state index in [2.05, 4.69) is 52.5 Å². The minimum absolute atomic E-state index is 0.156. The summed E-state index contributed by atoms with van der Waals surface area (Å²) in [5, 5.41) is 6.23. The molecular weight excluding hydrogens is 452 g/mol. The number of halogens is 1. The summed E-state index contributed by atoms with van der Waals surface area (Å²) in [7, 11) is -3.66. The topological polar surface area (TPSA) is 109 Å². The predicted molar refractivity (Wildman–Crippen MR) is 114 cm³/mol. The van der Waals surface area contributed by atoms with Gasteiger partial charge in [-0.2, -0.15) is 11.8 Å². The molecule has 27 heavy (non-hydrogen) atoms. The number of pyridine rings is 1. The van der Waals surface area contributed by atoms with Crippen LogP contribution in [0, 0.1) is 6.92 Å². The van der Waals surface area contributed by atoms with E-state index in [4.69, 9.17) is 0 Å². The first-order valence-electron chi connectivity index (χ1n) is 8.33. The molecule has 0 aliphatic rings. The lowest BCUT2D eigenvalue weighted by molar-refractivity contribution is 0.581. The third-order valence-electron chi connectivity index (χ3n) is 3.61. The van der Waals surface area contributed by atoms with Gasteiger partial charge in [-0.25, -0.2) is 23.1 Å². The molecule has 0 spiro atoms. The van der Waals surface area contributed by atoms with Crippen LogP contribution >= 0.6 is 27.7 Å². The number of hydrogen-bond acceptors (Lipinski definition) is 8. The maximum absolute atomic E-state index is 12.6. The minimum Gasteiger partial charge on any atom is -0.369 e. The van der Waals surface area contributed by atoms with Crippen molar-refractivity contribution < 1.29 is 8.42 Å². The van der Waals surface area contributed by atoms with Gasteiger partial charge in [0, 0.05) is 38.2 Å². The van der Waals surface area contributed by atoms with Crippen LogP contribution in [-0.4, -0.2) is 55.0 Å². The van der Waals surface area contributed by atoms with Gasteiger partial charge < -0.3 is 10.6 Å². The number of aromatic nitrogens is 3. The molecular formula is C16H23BrN6O2S2. The minimum atomic E-state index is -3.66. The highest BCUT2D eigenvalue weighted by molar-refractivity contribution is 9.10. The lowest BCUT2D eigenvalue weighted by Gasteiger charge is -2.14. The van der Waals surface area contributed by atoms with Crippen molar-refractivity contribution in [3.8, 4) is 0 Å². The number of hydrogen-bond donors (Lipinski definition) is 3. The number of nitrogens with zero attached hydrogens (tertiary/aromatic N) is 3. The van der Waals surface area contributed by atoms with Crippen molar-refractivity contribution in [2.24, 2.45) is 0 Å². The van der Waals surface area contributed by atoms with Crippen LogP contribution in [0.5, 0.6) is 0 Å². The Hall–Kier alpha value is -1.43. The Bertz CT molecular complexity index is 836. The van der Waals surface area contributed by atoms with E-state index in [1.54, 1.807) is 37.3 Å². The Morgan fingerprint density at radius 1 is 1.11 bits per heavy atom. The molecule has 0 saturated heterocycles. The molecule has 11 heteroatoms. The molecule has 3 N–H and O–H groups in total. The SMILES string of the molecule is CSCCCNc1ncc(S(=O)(=O)NCCNc2cnccn2)c(C)c1Br. The van der Waals surface area contributed by atoms with Crippen molar-refractivity contribution in [1.82, 2.24) is 19.7 Å². The Labute approximate surface area is 172 Å². The second kappa shape index (κ2) is 10.8. The smallest absolute Gasteiger partial charge is 0.242 e. The van der Waals surface area contributed by atoms with Gasteiger partial charge in [0.05, 0.1) is 10.7 Å². The molecule has 2 aromatic rings. The highest BCUT2D eigenvalue weighted by atomic mass is 79.9.